The molecular weight excluding hydrogens is 271 g/mol. The van der Waals surface area contributed by atoms with Gasteiger partial charge < -0.3 is 10.3 Å². The topological polar surface area (TPSA) is 64.9 Å². The highest BCUT2D eigenvalue weighted by Gasteiger charge is 2.30. The lowest BCUT2D eigenvalue weighted by molar-refractivity contribution is -0.137. The number of aromatic nitrogens is 2. The summed E-state index contributed by atoms with van der Waals surface area (Å²) in [7, 11) is 0. The maximum absolute atomic E-state index is 12.5. The van der Waals surface area contributed by atoms with E-state index in [1.165, 1.54) is 12.1 Å². The maximum atomic E-state index is 12.5. The molecule has 108 valence electrons. The number of rotatable bonds is 3. The zero-order valence-corrected chi connectivity index (χ0v) is 11.0. The van der Waals surface area contributed by atoms with Crippen LogP contribution in [0.3, 0.4) is 0 Å². The molecule has 2 aromatic rings. The standard InChI is InChI=1S/C13H14F3N3O/c1-7(2)12-18-11(19-20-12)10(17)8-3-5-9(6-4-8)13(14,15)16/h3-7,10H,17H2,1-2H3. The highest BCUT2D eigenvalue weighted by Crippen LogP contribution is 2.30. The molecule has 1 atom stereocenters. The van der Waals surface area contributed by atoms with Gasteiger partial charge in [-0.2, -0.15) is 18.2 Å². The molecule has 0 fully saturated rings. The first-order valence-electron chi connectivity index (χ1n) is 6.05. The fraction of sp³-hybridized carbons (Fsp3) is 0.385. The first kappa shape index (κ1) is 14.5. The molecule has 0 radical (unpaired) electrons. The van der Waals surface area contributed by atoms with Gasteiger partial charge in [-0.25, -0.2) is 0 Å². The summed E-state index contributed by atoms with van der Waals surface area (Å²) in [6, 6.07) is 3.89. The van der Waals surface area contributed by atoms with E-state index >= 15 is 0 Å². The lowest BCUT2D eigenvalue weighted by Gasteiger charge is -2.10. The van der Waals surface area contributed by atoms with Gasteiger partial charge in [-0.15, -0.1) is 0 Å². The molecule has 0 bridgehead atoms. The van der Waals surface area contributed by atoms with Crippen LogP contribution >= 0.6 is 0 Å². The number of benzene rings is 1. The summed E-state index contributed by atoms with van der Waals surface area (Å²) in [5, 5.41) is 3.75. The summed E-state index contributed by atoms with van der Waals surface area (Å²) in [6.45, 7) is 3.78. The van der Waals surface area contributed by atoms with Crippen LogP contribution in [0.5, 0.6) is 0 Å². The summed E-state index contributed by atoms with van der Waals surface area (Å²) in [5.41, 5.74) is 5.70. The molecule has 20 heavy (non-hydrogen) atoms. The summed E-state index contributed by atoms with van der Waals surface area (Å²) < 4.78 is 42.4. The molecule has 1 aromatic carbocycles. The van der Waals surface area contributed by atoms with Crippen molar-refractivity contribution in [2.24, 2.45) is 5.73 Å². The van der Waals surface area contributed by atoms with Crippen molar-refractivity contribution in [3.63, 3.8) is 0 Å². The van der Waals surface area contributed by atoms with Crippen LogP contribution in [0, 0.1) is 0 Å². The van der Waals surface area contributed by atoms with Crippen LogP contribution in [0.1, 0.15) is 48.6 Å². The second-order valence-electron chi connectivity index (χ2n) is 4.74. The van der Waals surface area contributed by atoms with Crippen LogP contribution in [0.2, 0.25) is 0 Å². The fourth-order valence-electron chi connectivity index (χ4n) is 1.64. The molecule has 7 heteroatoms. The third kappa shape index (κ3) is 2.98. The second kappa shape index (κ2) is 5.24. The lowest BCUT2D eigenvalue weighted by Crippen LogP contribution is -2.14. The molecule has 0 spiro atoms. The van der Waals surface area contributed by atoms with E-state index in [-0.39, 0.29) is 11.7 Å². The minimum Gasteiger partial charge on any atom is -0.339 e. The van der Waals surface area contributed by atoms with Gasteiger partial charge in [0.1, 0.15) is 0 Å². The van der Waals surface area contributed by atoms with Crippen LogP contribution < -0.4 is 5.73 Å². The average molecular weight is 285 g/mol. The van der Waals surface area contributed by atoms with Crippen molar-refractivity contribution in [3.05, 3.63) is 47.1 Å². The Morgan fingerprint density at radius 1 is 1.15 bits per heavy atom. The SMILES string of the molecule is CC(C)c1nc(C(N)c2ccc(C(F)(F)F)cc2)no1. The number of hydrogen-bond acceptors (Lipinski definition) is 4. The van der Waals surface area contributed by atoms with Crippen LogP contribution in [0.25, 0.3) is 0 Å². The molecule has 0 saturated heterocycles. The molecule has 2 N–H and O–H groups in total. The largest absolute Gasteiger partial charge is 0.416 e. The normalized spacial score (nSPS) is 13.8. The highest BCUT2D eigenvalue weighted by molar-refractivity contribution is 5.29. The van der Waals surface area contributed by atoms with E-state index in [2.05, 4.69) is 10.1 Å². The smallest absolute Gasteiger partial charge is 0.339 e. The van der Waals surface area contributed by atoms with Gasteiger partial charge in [-0.1, -0.05) is 31.1 Å². The zero-order valence-electron chi connectivity index (χ0n) is 11.0. The van der Waals surface area contributed by atoms with Gasteiger partial charge in [0.2, 0.25) is 5.89 Å². The van der Waals surface area contributed by atoms with Crippen molar-refractivity contribution < 1.29 is 17.7 Å². The van der Waals surface area contributed by atoms with Crippen molar-refractivity contribution >= 4 is 0 Å². The second-order valence-corrected chi connectivity index (χ2v) is 4.74. The van der Waals surface area contributed by atoms with Crippen molar-refractivity contribution in [2.45, 2.75) is 32.0 Å². The van der Waals surface area contributed by atoms with Gasteiger partial charge in [0.05, 0.1) is 11.6 Å². The van der Waals surface area contributed by atoms with E-state index in [0.717, 1.165) is 12.1 Å². The maximum Gasteiger partial charge on any atom is 0.416 e. The Morgan fingerprint density at radius 3 is 2.20 bits per heavy atom. The minimum atomic E-state index is -4.36. The average Bonchev–Trinajstić information content (AvgIpc) is 2.86. The molecule has 1 heterocycles. The van der Waals surface area contributed by atoms with Gasteiger partial charge >= 0.3 is 6.18 Å². The molecule has 0 aliphatic carbocycles. The van der Waals surface area contributed by atoms with Crippen molar-refractivity contribution in [3.8, 4) is 0 Å². The van der Waals surface area contributed by atoms with Crippen molar-refractivity contribution in [1.82, 2.24) is 10.1 Å². The van der Waals surface area contributed by atoms with Crippen LogP contribution in [0.15, 0.2) is 28.8 Å². The molecule has 0 aliphatic heterocycles. The highest BCUT2D eigenvalue weighted by atomic mass is 19.4. The van der Waals surface area contributed by atoms with Gasteiger partial charge in [0, 0.05) is 5.92 Å². The monoisotopic (exact) mass is 285 g/mol. The molecule has 4 nitrogen and oxygen atoms in total. The Labute approximate surface area is 113 Å². The van der Waals surface area contributed by atoms with Gasteiger partial charge in [0.15, 0.2) is 5.82 Å². The number of halogens is 3. The van der Waals surface area contributed by atoms with Crippen molar-refractivity contribution in [1.29, 1.82) is 0 Å². The first-order valence-corrected chi connectivity index (χ1v) is 6.05. The Hall–Kier alpha value is -1.89. The number of nitrogens with two attached hydrogens (primary N) is 1. The molecule has 0 saturated carbocycles. The molecule has 1 aromatic heterocycles. The van der Waals surface area contributed by atoms with E-state index < -0.39 is 17.8 Å². The van der Waals surface area contributed by atoms with Crippen LogP contribution in [-0.2, 0) is 6.18 Å². The van der Waals surface area contributed by atoms with Crippen LogP contribution in [0.4, 0.5) is 13.2 Å². The summed E-state index contributed by atoms with van der Waals surface area (Å²) in [4.78, 5) is 4.13. The number of nitrogens with zero attached hydrogens (tertiary/aromatic N) is 2. The minimum absolute atomic E-state index is 0.0658. The molecule has 0 aliphatic rings. The van der Waals surface area contributed by atoms with E-state index in [0.29, 0.717) is 11.5 Å². The van der Waals surface area contributed by atoms with Crippen molar-refractivity contribution in [2.75, 3.05) is 0 Å². The molecular formula is C13H14F3N3O. The summed E-state index contributed by atoms with van der Waals surface area (Å²) in [6.07, 6.45) is -4.36. The Morgan fingerprint density at radius 2 is 1.75 bits per heavy atom. The first-order chi connectivity index (χ1) is 9.29. The molecule has 1 unspecified atom stereocenters. The van der Waals surface area contributed by atoms with E-state index in [4.69, 9.17) is 10.3 Å². The molecule has 2 rings (SSSR count). The summed E-state index contributed by atoms with van der Waals surface area (Å²) in [5.74, 6) is 0.770. The Kier molecular flexibility index (Phi) is 3.80. The predicted octanol–water partition coefficient (Wildman–Crippen LogP) is 3.26. The lowest BCUT2D eigenvalue weighted by atomic mass is 10.0. The Balaban J connectivity index is 2.22. The summed E-state index contributed by atoms with van der Waals surface area (Å²) >= 11 is 0. The van der Waals surface area contributed by atoms with E-state index in [9.17, 15) is 13.2 Å². The third-order valence-electron chi connectivity index (χ3n) is 2.83. The van der Waals surface area contributed by atoms with Gasteiger partial charge in [0.25, 0.3) is 0 Å². The Bertz CT molecular complexity index is 575. The van der Waals surface area contributed by atoms with Gasteiger partial charge in [-0.05, 0) is 17.7 Å². The van der Waals surface area contributed by atoms with E-state index in [1.54, 1.807) is 0 Å². The fourth-order valence-corrected chi connectivity index (χ4v) is 1.64. The quantitative estimate of drug-likeness (QED) is 0.940. The zero-order chi connectivity index (χ0) is 14.9. The molecule has 0 amide bonds. The number of alkyl halides is 3. The van der Waals surface area contributed by atoms with Crippen LogP contribution in [-0.4, -0.2) is 10.1 Å². The predicted molar refractivity (Wildman–Crippen MR) is 65.9 cm³/mol. The number of hydrogen-bond donors (Lipinski definition) is 1. The third-order valence-corrected chi connectivity index (χ3v) is 2.83. The van der Waals surface area contributed by atoms with E-state index in [1.807, 2.05) is 13.8 Å². The van der Waals surface area contributed by atoms with Gasteiger partial charge in [-0.3, -0.25) is 0 Å².